The number of anilines is 2. The molecule has 0 aliphatic carbocycles. The van der Waals surface area contributed by atoms with E-state index in [-0.39, 0.29) is 17.9 Å². The third kappa shape index (κ3) is 4.16. The molecular formula is C20H23N3O5. The molecule has 1 aliphatic heterocycles. The molecule has 1 aliphatic rings. The van der Waals surface area contributed by atoms with Gasteiger partial charge in [0.2, 0.25) is 0 Å². The van der Waals surface area contributed by atoms with Crippen molar-refractivity contribution in [3.8, 4) is 5.75 Å². The van der Waals surface area contributed by atoms with Gasteiger partial charge in [0.1, 0.15) is 11.4 Å². The molecule has 0 aromatic heterocycles. The van der Waals surface area contributed by atoms with E-state index in [0.29, 0.717) is 18.8 Å². The summed E-state index contributed by atoms with van der Waals surface area (Å²) in [4.78, 5) is 27.2. The topological polar surface area (TPSA) is 85.2 Å². The zero-order valence-corrected chi connectivity index (χ0v) is 16.0. The van der Waals surface area contributed by atoms with Crippen LogP contribution in [0.4, 0.5) is 17.1 Å². The summed E-state index contributed by atoms with van der Waals surface area (Å²) in [5.74, 6) is 0.251. The Hall–Kier alpha value is -3.29. The van der Waals surface area contributed by atoms with Crippen LogP contribution in [0.5, 0.6) is 5.75 Å². The number of hydrogen-bond donors (Lipinski definition) is 0. The molecule has 0 N–H and O–H groups in total. The SMILES string of the molecule is CCOC(=O)c1ccc(N2CCN(c3ccc(OC)cc3)CC2)c([N+](=O)[O-])c1. The van der Waals surface area contributed by atoms with Gasteiger partial charge >= 0.3 is 5.97 Å². The fraction of sp³-hybridized carbons (Fsp3) is 0.350. The number of piperazine rings is 1. The standard InChI is InChI=1S/C20H23N3O5/c1-3-28-20(24)15-4-9-18(19(14-15)23(25)26)22-12-10-21(11-13-22)16-5-7-17(27-2)8-6-16/h4-9,14H,3,10-13H2,1-2H3. The summed E-state index contributed by atoms with van der Waals surface area (Å²) >= 11 is 0. The van der Waals surface area contributed by atoms with Gasteiger partial charge in [-0.1, -0.05) is 0 Å². The molecule has 8 nitrogen and oxygen atoms in total. The molecular weight excluding hydrogens is 362 g/mol. The monoisotopic (exact) mass is 385 g/mol. The maximum atomic E-state index is 11.9. The maximum Gasteiger partial charge on any atom is 0.338 e. The van der Waals surface area contributed by atoms with E-state index in [9.17, 15) is 14.9 Å². The normalized spacial score (nSPS) is 13.9. The lowest BCUT2D eigenvalue weighted by atomic mass is 10.1. The molecule has 1 fully saturated rings. The molecule has 2 aromatic rings. The van der Waals surface area contributed by atoms with Gasteiger partial charge in [-0.3, -0.25) is 10.1 Å². The molecule has 28 heavy (non-hydrogen) atoms. The first-order valence-corrected chi connectivity index (χ1v) is 9.13. The van der Waals surface area contributed by atoms with E-state index in [0.717, 1.165) is 24.5 Å². The van der Waals surface area contributed by atoms with Crippen LogP contribution in [0, 0.1) is 10.1 Å². The van der Waals surface area contributed by atoms with Crippen molar-refractivity contribution in [1.29, 1.82) is 0 Å². The molecule has 1 heterocycles. The Bertz CT molecular complexity index is 845. The lowest BCUT2D eigenvalue weighted by molar-refractivity contribution is -0.384. The highest BCUT2D eigenvalue weighted by Crippen LogP contribution is 2.31. The van der Waals surface area contributed by atoms with Crippen molar-refractivity contribution >= 4 is 23.0 Å². The van der Waals surface area contributed by atoms with E-state index < -0.39 is 10.9 Å². The first kappa shape index (κ1) is 19.5. The molecule has 148 valence electrons. The summed E-state index contributed by atoms with van der Waals surface area (Å²) in [7, 11) is 1.63. The predicted molar refractivity (Wildman–Crippen MR) is 106 cm³/mol. The van der Waals surface area contributed by atoms with Gasteiger partial charge in [-0.05, 0) is 43.3 Å². The number of carbonyl (C=O) groups excluding carboxylic acids is 1. The van der Waals surface area contributed by atoms with Crippen LogP contribution in [0.2, 0.25) is 0 Å². The Kier molecular flexibility index (Phi) is 5.98. The van der Waals surface area contributed by atoms with Crippen LogP contribution < -0.4 is 14.5 Å². The first-order chi connectivity index (χ1) is 13.5. The van der Waals surface area contributed by atoms with Crippen LogP contribution in [0.15, 0.2) is 42.5 Å². The zero-order chi connectivity index (χ0) is 20.1. The Morgan fingerprint density at radius 2 is 1.71 bits per heavy atom. The van der Waals surface area contributed by atoms with Crippen LogP contribution in [0.25, 0.3) is 0 Å². The largest absolute Gasteiger partial charge is 0.497 e. The minimum absolute atomic E-state index is 0.0801. The number of nitro benzene ring substituents is 1. The van der Waals surface area contributed by atoms with E-state index in [1.54, 1.807) is 26.2 Å². The van der Waals surface area contributed by atoms with Crippen molar-refractivity contribution in [2.45, 2.75) is 6.92 Å². The number of methoxy groups -OCH3 is 1. The third-order valence-electron chi connectivity index (χ3n) is 4.74. The molecule has 2 aromatic carbocycles. The highest BCUT2D eigenvalue weighted by atomic mass is 16.6. The third-order valence-corrected chi connectivity index (χ3v) is 4.74. The minimum Gasteiger partial charge on any atom is -0.497 e. The number of carbonyl (C=O) groups is 1. The second-order valence-corrected chi connectivity index (χ2v) is 6.35. The molecule has 0 spiro atoms. The van der Waals surface area contributed by atoms with Gasteiger partial charge < -0.3 is 19.3 Å². The van der Waals surface area contributed by atoms with Gasteiger partial charge in [-0.15, -0.1) is 0 Å². The van der Waals surface area contributed by atoms with E-state index in [1.165, 1.54) is 6.07 Å². The molecule has 8 heteroatoms. The molecule has 0 saturated carbocycles. The van der Waals surface area contributed by atoms with Crippen LogP contribution in [0.1, 0.15) is 17.3 Å². The summed E-state index contributed by atoms with van der Waals surface area (Å²) in [6.45, 7) is 4.69. The van der Waals surface area contributed by atoms with Crippen molar-refractivity contribution in [2.75, 3.05) is 49.7 Å². The molecule has 3 rings (SSSR count). The van der Waals surface area contributed by atoms with Crippen LogP contribution in [-0.4, -0.2) is 50.8 Å². The number of benzene rings is 2. The summed E-state index contributed by atoms with van der Waals surface area (Å²) < 4.78 is 10.1. The van der Waals surface area contributed by atoms with Gasteiger partial charge in [0, 0.05) is 37.9 Å². The predicted octanol–water partition coefficient (Wildman–Crippen LogP) is 3.11. The number of nitro groups is 1. The van der Waals surface area contributed by atoms with E-state index in [1.807, 2.05) is 29.2 Å². The maximum absolute atomic E-state index is 11.9. The summed E-state index contributed by atoms with van der Waals surface area (Å²) in [5, 5.41) is 11.5. The smallest absolute Gasteiger partial charge is 0.338 e. The second kappa shape index (κ2) is 8.60. The number of nitrogens with zero attached hydrogens (tertiary/aromatic N) is 3. The number of esters is 1. The quantitative estimate of drug-likeness (QED) is 0.429. The number of rotatable bonds is 6. The molecule has 0 amide bonds. The Morgan fingerprint density at radius 1 is 1.07 bits per heavy atom. The van der Waals surface area contributed by atoms with E-state index >= 15 is 0 Å². The van der Waals surface area contributed by atoms with Crippen molar-refractivity contribution < 1.29 is 19.2 Å². The van der Waals surface area contributed by atoms with E-state index in [2.05, 4.69) is 4.90 Å². The number of ether oxygens (including phenoxy) is 2. The minimum atomic E-state index is -0.554. The highest BCUT2D eigenvalue weighted by molar-refractivity contribution is 5.91. The summed E-state index contributed by atoms with van der Waals surface area (Å²) in [6.07, 6.45) is 0. The molecule has 0 bridgehead atoms. The fourth-order valence-electron chi connectivity index (χ4n) is 3.28. The molecule has 1 saturated heterocycles. The van der Waals surface area contributed by atoms with E-state index in [4.69, 9.17) is 9.47 Å². The molecule has 0 unspecified atom stereocenters. The zero-order valence-electron chi connectivity index (χ0n) is 16.0. The second-order valence-electron chi connectivity index (χ2n) is 6.35. The van der Waals surface area contributed by atoms with Crippen LogP contribution >= 0.6 is 0 Å². The van der Waals surface area contributed by atoms with Crippen molar-refractivity contribution in [2.24, 2.45) is 0 Å². The average Bonchev–Trinajstić information content (AvgIpc) is 2.73. The van der Waals surface area contributed by atoms with Gasteiger partial charge in [0.15, 0.2) is 0 Å². The summed E-state index contributed by atoms with van der Waals surface area (Å²) in [5.41, 5.74) is 1.72. The van der Waals surface area contributed by atoms with Gasteiger partial charge in [0.05, 0.1) is 24.2 Å². The fourth-order valence-corrected chi connectivity index (χ4v) is 3.28. The van der Waals surface area contributed by atoms with Gasteiger partial charge in [0.25, 0.3) is 5.69 Å². The van der Waals surface area contributed by atoms with Gasteiger partial charge in [-0.2, -0.15) is 0 Å². The van der Waals surface area contributed by atoms with Crippen LogP contribution in [0.3, 0.4) is 0 Å². The Morgan fingerprint density at radius 3 is 2.29 bits per heavy atom. The van der Waals surface area contributed by atoms with Crippen molar-refractivity contribution in [3.05, 3.63) is 58.1 Å². The average molecular weight is 385 g/mol. The van der Waals surface area contributed by atoms with Crippen molar-refractivity contribution in [3.63, 3.8) is 0 Å². The van der Waals surface area contributed by atoms with Crippen LogP contribution in [-0.2, 0) is 4.74 Å². The highest BCUT2D eigenvalue weighted by Gasteiger charge is 2.25. The Labute approximate surface area is 163 Å². The molecule has 0 radical (unpaired) electrons. The lowest BCUT2D eigenvalue weighted by Crippen LogP contribution is -2.46. The molecule has 0 atom stereocenters. The van der Waals surface area contributed by atoms with Gasteiger partial charge in [-0.25, -0.2) is 4.79 Å². The first-order valence-electron chi connectivity index (χ1n) is 9.13. The Balaban J connectivity index is 1.74. The van der Waals surface area contributed by atoms with Crippen molar-refractivity contribution in [1.82, 2.24) is 0 Å². The summed E-state index contributed by atoms with van der Waals surface area (Å²) in [6, 6.07) is 12.4. The number of hydrogen-bond acceptors (Lipinski definition) is 7. The lowest BCUT2D eigenvalue weighted by Gasteiger charge is -2.37.